The lowest BCUT2D eigenvalue weighted by Gasteiger charge is -2.36. The molecule has 0 bridgehead atoms. The number of hydrogen-bond acceptors (Lipinski definition) is 4. The summed E-state index contributed by atoms with van der Waals surface area (Å²) < 4.78 is 0. The van der Waals surface area contributed by atoms with Gasteiger partial charge in [0.2, 0.25) is 0 Å². The van der Waals surface area contributed by atoms with Crippen molar-refractivity contribution in [2.24, 2.45) is 5.10 Å². The number of hydrogen-bond donors (Lipinski definition) is 1. The van der Waals surface area contributed by atoms with Crippen LogP contribution in [0.3, 0.4) is 0 Å². The van der Waals surface area contributed by atoms with Crippen molar-refractivity contribution in [3.63, 3.8) is 0 Å². The predicted octanol–water partition coefficient (Wildman–Crippen LogP) is 2.78. The minimum atomic E-state index is 0.695. The van der Waals surface area contributed by atoms with Gasteiger partial charge in [-0.05, 0) is 35.8 Å². The summed E-state index contributed by atoms with van der Waals surface area (Å²) in [5, 5.41) is 6.93. The Morgan fingerprint density at radius 3 is 2.55 bits per heavy atom. The van der Waals surface area contributed by atoms with Crippen molar-refractivity contribution in [1.82, 2.24) is 10.3 Å². The normalized spacial score (nSPS) is 15.3. The smallest absolute Gasteiger partial charge is 0.189 e. The first-order chi connectivity index (χ1) is 10.8. The third-order valence-corrected chi connectivity index (χ3v) is 4.74. The number of hydrazone groups is 1. The Bertz CT molecular complexity index is 617. The summed E-state index contributed by atoms with van der Waals surface area (Å²) in [5.74, 6) is 0. The lowest BCUT2D eigenvalue weighted by Crippen LogP contribution is -2.51. The third-order valence-electron chi connectivity index (χ3n) is 3.58. The van der Waals surface area contributed by atoms with Gasteiger partial charge in [-0.2, -0.15) is 5.10 Å². The number of rotatable bonds is 3. The molecule has 1 aromatic carbocycles. The average molecular weight is 330 g/mol. The zero-order valence-corrected chi connectivity index (χ0v) is 13.8. The molecule has 0 atom stereocenters. The molecular formula is C16H18N4S2. The Kier molecular flexibility index (Phi) is 5.03. The first-order valence-electron chi connectivity index (χ1n) is 7.24. The van der Waals surface area contributed by atoms with E-state index in [1.807, 2.05) is 23.6 Å². The molecule has 6 heteroatoms. The first-order valence-corrected chi connectivity index (χ1v) is 8.53. The molecule has 114 valence electrons. The highest BCUT2D eigenvalue weighted by atomic mass is 32.1. The fourth-order valence-electron chi connectivity index (χ4n) is 2.39. The quantitative estimate of drug-likeness (QED) is 0.533. The molecule has 1 aliphatic rings. The first kappa shape index (κ1) is 15.0. The molecule has 2 aromatic rings. The van der Waals surface area contributed by atoms with Crippen LogP contribution in [0.4, 0.5) is 5.69 Å². The average Bonchev–Trinajstić information content (AvgIpc) is 3.09. The third kappa shape index (κ3) is 3.84. The summed E-state index contributed by atoms with van der Waals surface area (Å²) in [6.45, 7) is 3.77. The maximum Gasteiger partial charge on any atom is 0.189 e. The molecule has 2 heterocycles. The van der Waals surface area contributed by atoms with Gasteiger partial charge in [0.05, 0.1) is 6.21 Å². The highest BCUT2D eigenvalue weighted by molar-refractivity contribution is 7.80. The molecule has 0 saturated carbocycles. The van der Waals surface area contributed by atoms with Crippen molar-refractivity contribution in [3.8, 4) is 0 Å². The van der Waals surface area contributed by atoms with Crippen LogP contribution in [0, 0.1) is 0 Å². The number of thiophene rings is 1. The Morgan fingerprint density at radius 2 is 1.86 bits per heavy atom. The number of benzene rings is 1. The largest absolute Gasteiger partial charge is 0.368 e. The van der Waals surface area contributed by atoms with E-state index in [-0.39, 0.29) is 0 Å². The summed E-state index contributed by atoms with van der Waals surface area (Å²) in [4.78, 5) is 5.67. The predicted molar refractivity (Wildman–Crippen MR) is 97.9 cm³/mol. The van der Waals surface area contributed by atoms with Gasteiger partial charge in [-0.15, -0.1) is 11.3 Å². The van der Waals surface area contributed by atoms with E-state index in [1.165, 1.54) is 5.69 Å². The van der Waals surface area contributed by atoms with E-state index in [0.29, 0.717) is 5.11 Å². The van der Waals surface area contributed by atoms with Crippen molar-refractivity contribution >= 4 is 40.6 Å². The van der Waals surface area contributed by atoms with Crippen molar-refractivity contribution < 1.29 is 0 Å². The molecule has 0 amide bonds. The summed E-state index contributed by atoms with van der Waals surface area (Å²) in [6, 6.07) is 14.5. The number of piperazine rings is 1. The minimum absolute atomic E-state index is 0.695. The van der Waals surface area contributed by atoms with Gasteiger partial charge in [-0.3, -0.25) is 5.43 Å². The Hall–Kier alpha value is -1.92. The van der Waals surface area contributed by atoms with Crippen LogP contribution in [0.25, 0.3) is 0 Å². The number of nitrogens with zero attached hydrogens (tertiary/aromatic N) is 3. The van der Waals surface area contributed by atoms with Crippen LogP contribution in [-0.2, 0) is 0 Å². The van der Waals surface area contributed by atoms with Crippen molar-refractivity contribution in [1.29, 1.82) is 0 Å². The molecule has 0 radical (unpaired) electrons. The maximum absolute atomic E-state index is 5.41. The van der Waals surface area contributed by atoms with Gasteiger partial charge in [0, 0.05) is 36.7 Å². The number of para-hydroxylation sites is 1. The molecule has 0 aliphatic carbocycles. The highest BCUT2D eigenvalue weighted by Crippen LogP contribution is 2.15. The molecule has 3 rings (SSSR count). The minimum Gasteiger partial charge on any atom is -0.368 e. The van der Waals surface area contributed by atoms with E-state index in [0.717, 1.165) is 31.1 Å². The van der Waals surface area contributed by atoms with Gasteiger partial charge in [-0.1, -0.05) is 24.3 Å². The zero-order chi connectivity index (χ0) is 15.2. The van der Waals surface area contributed by atoms with E-state index in [2.05, 4.69) is 44.6 Å². The fraction of sp³-hybridized carbons (Fsp3) is 0.250. The van der Waals surface area contributed by atoms with E-state index in [9.17, 15) is 0 Å². The van der Waals surface area contributed by atoms with E-state index < -0.39 is 0 Å². The van der Waals surface area contributed by atoms with Gasteiger partial charge in [0.15, 0.2) is 5.11 Å². The van der Waals surface area contributed by atoms with Crippen LogP contribution >= 0.6 is 23.6 Å². The van der Waals surface area contributed by atoms with Crippen molar-refractivity contribution in [2.45, 2.75) is 0 Å². The van der Waals surface area contributed by atoms with Crippen LogP contribution in [-0.4, -0.2) is 42.4 Å². The van der Waals surface area contributed by atoms with Crippen LogP contribution in [0.1, 0.15) is 4.88 Å². The molecule has 22 heavy (non-hydrogen) atoms. The Labute approximate surface area is 140 Å². The van der Waals surface area contributed by atoms with Crippen LogP contribution < -0.4 is 10.3 Å². The van der Waals surface area contributed by atoms with Crippen molar-refractivity contribution in [2.75, 3.05) is 31.1 Å². The lowest BCUT2D eigenvalue weighted by molar-refractivity contribution is 0.381. The molecule has 0 spiro atoms. The van der Waals surface area contributed by atoms with E-state index in [1.54, 1.807) is 17.6 Å². The van der Waals surface area contributed by atoms with E-state index in [4.69, 9.17) is 12.2 Å². The number of thiocarbonyl (C=S) groups is 1. The van der Waals surface area contributed by atoms with Crippen molar-refractivity contribution in [3.05, 3.63) is 52.7 Å². The molecule has 1 N–H and O–H groups in total. The van der Waals surface area contributed by atoms with Gasteiger partial charge < -0.3 is 9.80 Å². The van der Waals surface area contributed by atoms with E-state index >= 15 is 0 Å². The molecule has 0 unspecified atom stereocenters. The topological polar surface area (TPSA) is 30.9 Å². The number of nitrogens with one attached hydrogen (secondary N) is 1. The maximum atomic E-state index is 5.41. The standard InChI is InChI=1S/C16H18N4S2/c21-16(18-17-13-15-7-4-12-22-15)20-10-8-19(9-11-20)14-5-2-1-3-6-14/h1-7,12-13H,8-11H2,(H,18,21)/b17-13-. The Morgan fingerprint density at radius 1 is 1.09 bits per heavy atom. The summed E-state index contributed by atoms with van der Waals surface area (Å²) in [5.41, 5.74) is 4.23. The van der Waals surface area contributed by atoms with Gasteiger partial charge in [-0.25, -0.2) is 0 Å². The lowest BCUT2D eigenvalue weighted by atomic mass is 10.2. The number of anilines is 1. The van der Waals surface area contributed by atoms with Gasteiger partial charge in [0.1, 0.15) is 0 Å². The van der Waals surface area contributed by atoms with Crippen LogP contribution in [0.2, 0.25) is 0 Å². The second kappa shape index (κ2) is 7.38. The zero-order valence-electron chi connectivity index (χ0n) is 12.2. The molecule has 4 nitrogen and oxygen atoms in total. The summed E-state index contributed by atoms with van der Waals surface area (Å²) in [6.07, 6.45) is 1.80. The van der Waals surface area contributed by atoms with Crippen LogP contribution in [0.15, 0.2) is 52.9 Å². The van der Waals surface area contributed by atoms with Gasteiger partial charge >= 0.3 is 0 Å². The van der Waals surface area contributed by atoms with Gasteiger partial charge in [0.25, 0.3) is 0 Å². The summed E-state index contributed by atoms with van der Waals surface area (Å²) in [7, 11) is 0. The highest BCUT2D eigenvalue weighted by Gasteiger charge is 2.18. The molecule has 1 aliphatic heterocycles. The summed E-state index contributed by atoms with van der Waals surface area (Å²) >= 11 is 7.07. The fourth-order valence-corrected chi connectivity index (χ4v) is 3.21. The monoisotopic (exact) mass is 330 g/mol. The molecule has 1 aromatic heterocycles. The Balaban J connectivity index is 1.47. The SMILES string of the molecule is S=C(N/N=C\c1cccs1)N1CCN(c2ccccc2)CC1. The van der Waals surface area contributed by atoms with Crippen LogP contribution in [0.5, 0.6) is 0 Å². The molecular weight excluding hydrogens is 312 g/mol. The second-order valence-electron chi connectivity index (χ2n) is 5.00. The molecule has 1 saturated heterocycles. The second-order valence-corrected chi connectivity index (χ2v) is 6.37. The molecule has 1 fully saturated rings.